The summed E-state index contributed by atoms with van der Waals surface area (Å²) >= 11 is 1.45. The summed E-state index contributed by atoms with van der Waals surface area (Å²) < 4.78 is 13.7. The molecule has 0 saturated carbocycles. The van der Waals surface area contributed by atoms with Crippen LogP contribution in [0.3, 0.4) is 0 Å². The second kappa shape index (κ2) is 7.88. The van der Waals surface area contributed by atoms with E-state index in [-0.39, 0.29) is 12.4 Å². The molecule has 0 radical (unpaired) electrons. The van der Waals surface area contributed by atoms with Crippen molar-refractivity contribution in [3.05, 3.63) is 71.5 Å². The summed E-state index contributed by atoms with van der Waals surface area (Å²) in [6.07, 6.45) is 1.34. The van der Waals surface area contributed by atoms with Crippen LogP contribution in [0, 0.1) is 5.82 Å². The number of thioether (sulfide) groups is 1. The largest absolute Gasteiger partial charge is 0.480 e. The van der Waals surface area contributed by atoms with Crippen molar-refractivity contribution in [1.82, 2.24) is 5.01 Å². The molecule has 0 saturated heterocycles. The smallest absolute Gasteiger partial charge is 0.324 e. The van der Waals surface area contributed by atoms with Gasteiger partial charge in [-0.2, -0.15) is 5.10 Å². The van der Waals surface area contributed by atoms with Crippen LogP contribution in [-0.2, 0) is 9.67 Å². The molecule has 0 fully saturated rings. The van der Waals surface area contributed by atoms with Gasteiger partial charge in [-0.1, -0.05) is 54.2 Å². The minimum Gasteiger partial charge on any atom is -0.480 e. The molecular weight excluding hydrogens is 353 g/mol. The van der Waals surface area contributed by atoms with Crippen molar-refractivity contribution < 1.29 is 14.3 Å². The highest BCUT2D eigenvalue weighted by atomic mass is 32.2. The third kappa shape index (κ3) is 3.73. The second-order valence-electron chi connectivity index (χ2n) is 6.01. The fourth-order valence-electron chi connectivity index (χ4n) is 3.03. The molecule has 1 heterocycles. The normalized spacial score (nSPS) is 19.5. The molecule has 0 aromatic heterocycles. The number of rotatable bonds is 7. The maximum Gasteiger partial charge on any atom is 0.324 e. The first kappa shape index (κ1) is 18.4. The van der Waals surface area contributed by atoms with Gasteiger partial charge in [0.05, 0.1) is 0 Å². The van der Waals surface area contributed by atoms with E-state index in [1.807, 2.05) is 30.3 Å². The lowest BCUT2D eigenvalue weighted by Crippen LogP contribution is -2.40. The van der Waals surface area contributed by atoms with Crippen LogP contribution in [0.25, 0.3) is 0 Å². The highest BCUT2D eigenvalue weighted by Gasteiger charge is 2.45. The first-order valence-corrected chi connectivity index (χ1v) is 9.15. The summed E-state index contributed by atoms with van der Waals surface area (Å²) in [5.74, 6) is -1.32. The van der Waals surface area contributed by atoms with Gasteiger partial charge in [0.2, 0.25) is 0 Å². The summed E-state index contributed by atoms with van der Waals surface area (Å²) in [5, 5.41) is 16.1. The molecule has 1 aliphatic rings. The summed E-state index contributed by atoms with van der Waals surface area (Å²) in [6, 6.07) is 15.8. The average Bonchev–Trinajstić information content (AvgIpc) is 2.99. The van der Waals surface area contributed by atoms with Crippen LogP contribution < -0.4 is 5.73 Å². The van der Waals surface area contributed by atoms with Gasteiger partial charge in [-0.15, -0.1) is 0 Å². The van der Waals surface area contributed by atoms with Gasteiger partial charge in [-0.25, -0.2) is 4.39 Å². The Hall–Kier alpha value is -2.38. The summed E-state index contributed by atoms with van der Waals surface area (Å²) in [5.41, 5.74) is 7.31. The third-order valence-electron chi connectivity index (χ3n) is 4.20. The SMILES string of the molecule is NCCCC1(c2ccccc2)SC(c2cccc(F)c2)=NN1CC(=O)O. The van der Waals surface area contributed by atoms with E-state index in [1.165, 1.54) is 23.9 Å². The number of carboxylic acids is 1. The Morgan fingerprint density at radius 3 is 2.65 bits per heavy atom. The fourth-order valence-corrected chi connectivity index (χ4v) is 4.44. The minimum absolute atomic E-state index is 0.245. The number of nitrogens with zero attached hydrogens (tertiary/aromatic N) is 2. The molecule has 1 aliphatic heterocycles. The van der Waals surface area contributed by atoms with Gasteiger partial charge in [-0.3, -0.25) is 9.80 Å². The molecule has 2 aromatic rings. The molecule has 3 N–H and O–H groups in total. The summed E-state index contributed by atoms with van der Waals surface area (Å²) in [6.45, 7) is 0.247. The van der Waals surface area contributed by atoms with E-state index < -0.39 is 10.8 Å². The lowest BCUT2D eigenvalue weighted by molar-refractivity contribution is -0.139. The number of benzene rings is 2. The van der Waals surface area contributed by atoms with Crippen LogP contribution in [0.5, 0.6) is 0 Å². The van der Waals surface area contributed by atoms with Gasteiger partial charge in [0.25, 0.3) is 0 Å². The van der Waals surface area contributed by atoms with Crippen molar-refractivity contribution in [3.8, 4) is 0 Å². The molecule has 1 atom stereocenters. The number of hydrogen-bond acceptors (Lipinski definition) is 5. The highest BCUT2D eigenvalue weighted by molar-refractivity contribution is 8.15. The lowest BCUT2D eigenvalue weighted by atomic mass is 10.0. The van der Waals surface area contributed by atoms with E-state index in [1.54, 1.807) is 17.1 Å². The Kier molecular flexibility index (Phi) is 5.58. The zero-order valence-corrected chi connectivity index (χ0v) is 15.0. The van der Waals surface area contributed by atoms with E-state index in [4.69, 9.17) is 5.73 Å². The van der Waals surface area contributed by atoms with Gasteiger partial charge in [0.15, 0.2) is 0 Å². The first-order chi connectivity index (χ1) is 12.5. The Morgan fingerprint density at radius 2 is 2.00 bits per heavy atom. The van der Waals surface area contributed by atoms with Gasteiger partial charge in [0, 0.05) is 5.56 Å². The van der Waals surface area contributed by atoms with E-state index >= 15 is 0 Å². The lowest BCUT2D eigenvalue weighted by Gasteiger charge is -2.36. The number of hydrazone groups is 1. The van der Waals surface area contributed by atoms with E-state index in [9.17, 15) is 14.3 Å². The molecule has 1 unspecified atom stereocenters. The van der Waals surface area contributed by atoms with Crippen molar-refractivity contribution in [2.24, 2.45) is 10.8 Å². The molecule has 0 spiro atoms. The molecule has 26 heavy (non-hydrogen) atoms. The Morgan fingerprint density at radius 1 is 1.23 bits per heavy atom. The number of carboxylic acid groups (broad SMARTS) is 1. The highest BCUT2D eigenvalue weighted by Crippen LogP contribution is 2.50. The molecule has 0 bridgehead atoms. The number of halogens is 1. The first-order valence-electron chi connectivity index (χ1n) is 8.34. The van der Waals surface area contributed by atoms with Gasteiger partial charge < -0.3 is 10.8 Å². The summed E-state index contributed by atoms with van der Waals surface area (Å²) in [7, 11) is 0. The quantitative estimate of drug-likeness (QED) is 0.779. The minimum atomic E-state index is -0.970. The molecule has 2 aromatic carbocycles. The van der Waals surface area contributed by atoms with Gasteiger partial charge >= 0.3 is 5.97 Å². The molecule has 136 valence electrons. The summed E-state index contributed by atoms with van der Waals surface area (Å²) in [4.78, 5) is 10.8. The monoisotopic (exact) mass is 373 g/mol. The Bertz CT molecular complexity index is 815. The van der Waals surface area contributed by atoms with Crippen molar-refractivity contribution >= 4 is 22.8 Å². The van der Waals surface area contributed by atoms with Crippen LogP contribution in [0.2, 0.25) is 0 Å². The fraction of sp³-hybridized carbons (Fsp3) is 0.263. The second-order valence-corrected chi connectivity index (χ2v) is 7.28. The van der Waals surface area contributed by atoms with Crippen LogP contribution in [0.1, 0.15) is 24.0 Å². The van der Waals surface area contributed by atoms with Crippen molar-refractivity contribution in [1.29, 1.82) is 0 Å². The molecule has 5 nitrogen and oxygen atoms in total. The standard InChI is InChI=1S/C19H20FN3O2S/c20-16-9-4-6-14(12-16)18-22-23(13-17(24)25)19(26-18,10-5-11-21)15-7-2-1-3-8-15/h1-4,6-9,12H,5,10-11,13,21H2,(H,24,25). The van der Waals surface area contributed by atoms with Crippen LogP contribution >= 0.6 is 11.8 Å². The zero-order chi connectivity index (χ0) is 18.6. The van der Waals surface area contributed by atoms with Gasteiger partial charge in [-0.05, 0) is 37.1 Å². The third-order valence-corrected chi connectivity index (χ3v) is 5.69. The van der Waals surface area contributed by atoms with Crippen LogP contribution in [0.15, 0.2) is 59.7 Å². The van der Waals surface area contributed by atoms with E-state index in [0.717, 1.165) is 5.56 Å². The van der Waals surface area contributed by atoms with E-state index in [0.29, 0.717) is 30.0 Å². The Balaban J connectivity index is 2.05. The molecule has 0 aliphatic carbocycles. The maximum absolute atomic E-state index is 13.7. The van der Waals surface area contributed by atoms with Crippen molar-refractivity contribution in [2.45, 2.75) is 17.7 Å². The topological polar surface area (TPSA) is 78.9 Å². The Labute approximate surface area is 155 Å². The van der Waals surface area contributed by atoms with Crippen molar-refractivity contribution in [2.75, 3.05) is 13.1 Å². The van der Waals surface area contributed by atoms with Crippen LogP contribution in [0.4, 0.5) is 4.39 Å². The number of carbonyl (C=O) groups is 1. The molecule has 0 amide bonds. The number of hydrogen-bond donors (Lipinski definition) is 2. The zero-order valence-electron chi connectivity index (χ0n) is 14.1. The molecule has 7 heteroatoms. The van der Waals surface area contributed by atoms with Crippen LogP contribution in [-0.4, -0.2) is 34.2 Å². The van der Waals surface area contributed by atoms with Gasteiger partial charge in [0.1, 0.15) is 22.3 Å². The predicted molar refractivity (Wildman–Crippen MR) is 101 cm³/mol. The van der Waals surface area contributed by atoms with Crippen molar-refractivity contribution in [3.63, 3.8) is 0 Å². The predicted octanol–water partition coefficient (Wildman–Crippen LogP) is 3.21. The van der Waals surface area contributed by atoms with E-state index in [2.05, 4.69) is 5.10 Å². The molecule has 3 rings (SSSR count). The number of aliphatic carboxylic acids is 1. The number of nitrogens with two attached hydrogens (primary N) is 1. The molecular formula is C19H20FN3O2S. The average molecular weight is 373 g/mol. The maximum atomic E-state index is 13.7.